The van der Waals surface area contributed by atoms with Crippen LogP contribution < -0.4 is 15.4 Å². The van der Waals surface area contributed by atoms with Gasteiger partial charge in [-0.25, -0.2) is 4.79 Å². The third-order valence-electron chi connectivity index (χ3n) is 5.53. The highest BCUT2D eigenvalue weighted by molar-refractivity contribution is 6.07. The molecule has 9 heteroatoms. The molecule has 1 aliphatic heterocycles. The Kier molecular flexibility index (Phi) is 6.28. The van der Waals surface area contributed by atoms with E-state index in [0.717, 1.165) is 23.3 Å². The summed E-state index contributed by atoms with van der Waals surface area (Å²) in [7, 11) is 1.50. The number of nitrogens with zero attached hydrogens (tertiary/aromatic N) is 1. The minimum Gasteiger partial charge on any atom is -0.495 e. The van der Waals surface area contributed by atoms with E-state index in [1.807, 2.05) is 13.0 Å². The van der Waals surface area contributed by atoms with Crippen LogP contribution in [0.3, 0.4) is 0 Å². The lowest BCUT2D eigenvalue weighted by Crippen LogP contribution is -2.44. The second kappa shape index (κ2) is 8.73. The number of carbonyl (C=O) groups is 4. The number of imide groups is 1. The standard InChI is InChI=1S/C21H27N3O6/c1-13-6-7-16(29-3)15(12-13)22-18(26)14(2)30-17(25)8-11-24-19(27)21(23-20(24)28)9-4-5-10-21/h6-7,12,14H,4-5,8-11H2,1-3H3,(H,22,26)(H,23,28)/t14-/m0/s1. The summed E-state index contributed by atoms with van der Waals surface area (Å²) in [4.78, 5) is 50.4. The molecule has 4 amide bonds. The zero-order valence-electron chi connectivity index (χ0n) is 17.4. The van der Waals surface area contributed by atoms with Gasteiger partial charge in [0.25, 0.3) is 11.8 Å². The van der Waals surface area contributed by atoms with Crippen LogP contribution in [-0.2, 0) is 19.1 Å². The number of esters is 1. The molecular weight excluding hydrogens is 390 g/mol. The molecule has 1 atom stereocenters. The predicted molar refractivity (Wildman–Crippen MR) is 108 cm³/mol. The number of aryl methyl sites for hydroxylation is 1. The van der Waals surface area contributed by atoms with Crippen molar-refractivity contribution in [3.63, 3.8) is 0 Å². The van der Waals surface area contributed by atoms with Crippen LogP contribution in [0.1, 0.15) is 44.6 Å². The second-order valence-electron chi connectivity index (χ2n) is 7.75. The number of carbonyl (C=O) groups excluding carboxylic acids is 4. The number of methoxy groups -OCH3 is 1. The SMILES string of the molecule is COc1ccc(C)cc1NC(=O)[C@H](C)OC(=O)CCN1C(=O)NC2(CCCC2)C1=O. The van der Waals surface area contributed by atoms with Crippen molar-refractivity contribution in [1.82, 2.24) is 10.2 Å². The molecule has 1 heterocycles. The molecule has 3 rings (SSSR count). The molecule has 0 bridgehead atoms. The van der Waals surface area contributed by atoms with Crippen molar-refractivity contribution >= 4 is 29.5 Å². The molecule has 1 aromatic carbocycles. The highest BCUT2D eigenvalue weighted by Crippen LogP contribution is 2.35. The lowest BCUT2D eigenvalue weighted by atomic mass is 9.98. The quantitative estimate of drug-likeness (QED) is 0.519. The number of ether oxygens (including phenoxy) is 2. The zero-order chi connectivity index (χ0) is 21.9. The Morgan fingerprint density at radius 1 is 1.27 bits per heavy atom. The van der Waals surface area contributed by atoms with Crippen LogP contribution >= 0.6 is 0 Å². The highest BCUT2D eigenvalue weighted by Gasteiger charge is 2.52. The van der Waals surface area contributed by atoms with E-state index in [-0.39, 0.29) is 18.9 Å². The van der Waals surface area contributed by atoms with Gasteiger partial charge in [-0.2, -0.15) is 0 Å². The maximum Gasteiger partial charge on any atom is 0.325 e. The summed E-state index contributed by atoms with van der Waals surface area (Å²) < 4.78 is 10.4. The molecule has 2 aliphatic rings. The number of hydrogen-bond donors (Lipinski definition) is 2. The molecule has 1 spiro atoms. The molecule has 1 saturated carbocycles. The number of benzene rings is 1. The van der Waals surface area contributed by atoms with Crippen LogP contribution in [0.25, 0.3) is 0 Å². The maximum atomic E-state index is 12.6. The molecular formula is C21H27N3O6. The third-order valence-corrected chi connectivity index (χ3v) is 5.53. The van der Waals surface area contributed by atoms with Gasteiger partial charge in [0.05, 0.1) is 19.2 Å². The summed E-state index contributed by atoms with van der Waals surface area (Å²) in [5.74, 6) is -0.962. The smallest absolute Gasteiger partial charge is 0.325 e. The zero-order valence-corrected chi connectivity index (χ0v) is 17.4. The van der Waals surface area contributed by atoms with Crippen molar-refractivity contribution in [1.29, 1.82) is 0 Å². The largest absolute Gasteiger partial charge is 0.495 e. The first-order valence-electron chi connectivity index (χ1n) is 10.0. The van der Waals surface area contributed by atoms with E-state index >= 15 is 0 Å². The Balaban J connectivity index is 1.51. The Morgan fingerprint density at radius 3 is 2.63 bits per heavy atom. The van der Waals surface area contributed by atoms with Gasteiger partial charge in [0, 0.05) is 6.54 Å². The number of hydrogen-bond acceptors (Lipinski definition) is 6. The van der Waals surface area contributed by atoms with E-state index in [1.165, 1.54) is 14.0 Å². The fraction of sp³-hybridized carbons (Fsp3) is 0.524. The molecule has 1 aromatic rings. The summed E-state index contributed by atoms with van der Waals surface area (Å²) in [6.45, 7) is 3.26. The first-order chi connectivity index (χ1) is 14.3. The van der Waals surface area contributed by atoms with Crippen LogP contribution in [-0.4, -0.2) is 54.0 Å². The molecule has 30 heavy (non-hydrogen) atoms. The Hall–Kier alpha value is -3.10. The van der Waals surface area contributed by atoms with Gasteiger partial charge in [-0.1, -0.05) is 18.9 Å². The van der Waals surface area contributed by atoms with Gasteiger partial charge in [-0.05, 0) is 44.4 Å². The molecule has 0 unspecified atom stereocenters. The molecule has 162 valence electrons. The topological polar surface area (TPSA) is 114 Å². The maximum absolute atomic E-state index is 12.6. The lowest BCUT2D eigenvalue weighted by Gasteiger charge is -2.20. The molecule has 2 fully saturated rings. The van der Waals surface area contributed by atoms with E-state index < -0.39 is 29.6 Å². The van der Waals surface area contributed by atoms with E-state index in [4.69, 9.17) is 9.47 Å². The Labute approximate surface area is 175 Å². The van der Waals surface area contributed by atoms with Gasteiger partial charge in [0.2, 0.25) is 0 Å². The van der Waals surface area contributed by atoms with Gasteiger partial charge in [0.15, 0.2) is 6.10 Å². The van der Waals surface area contributed by atoms with Gasteiger partial charge < -0.3 is 20.1 Å². The lowest BCUT2D eigenvalue weighted by molar-refractivity contribution is -0.153. The Morgan fingerprint density at radius 2 is 1.97 bits per heavy atom. The predicted octanol–water partition coefficient (Wildman–Crippen LogP) is 2.13. The fourth-order valence-electron chi connectivity index (χ4n) is 3.86. The summed E-state index contributed by atoms with van der Waals surface area (Å²) in [5.41, 5.74) is 0.608. The van der Waals surface area contributed by atoms with Gasteiger partial charge in [-0.15, -0.1) is 0 Å². The van der Waals surface area contributed by atoms with E-state index in [1.54, 1.807) is 12.1 Å². The molecule has 9 nitrogen and oxygen atoms in total. The first-order valence-corrected chi connectivity index (χ1v) is 10.0. The van der Waals surface area contributed by atoms with Crippen molar-refractivity contribution < 1.29 is 28.7 Å². The molecule has 0 radical (unpaired) electrons. The first kappa shape index (κ1) is 21.6. The van der Waals surface area contributed by atoms with Crippen LogP contribution in [0.2, 0.25) is 0 Å². The van der Waals surface area contributed by atoms with Crippen LogP contribution in [0, 0.1) is 6.92 Å². The summed E-state index contributed by atoms with van der Waals surface area (Å²) >= 11 is 0. The van der Waals surface area contributed by atoms with Gasteiger partial charge in [-0.3, -0.25) is 19.3 Å². The monoisotopic (exact) mass is 417 g/mol. The molecule has 1 aliphatic carbocycles. The number of rotatable bonds is 7. The minimum absolute atomic E-state index is 0.0781. The van der Waals surface area contributed by atoms with Crippen LogP contribution in [0.15, 0.2) is 18.2 Å². The van der Waals surface area contributed by atoms with Gasteiger partial charge >= 0.3 is 12.0 Å². The summed E-state index contributed by atoms with van der Waals surface area (Å²) in [5, 5.41) is 5.45. The van der Waals surface area contributed by atoms with Gasteiger partial charge in [0.1, 0.15) is 11.3 Å². The van der Waals surface area contributed by atoms with Crippen molar-refractivity contribution in [3.05, 3.63) is 23.8 Å². The van der Waals surface area contributed by atoms with E-state index in [9.17, 15) is 19.2 Å². The molecule has 2 N–H and O–H groups in total. The number of urea groups is 1. The highest BCUT2D eigenvalue weighted by atomic mass is 16.5. The number of anilines is 1. The van der Waals surface area contributed by atoms with Crippen molar-refractivity contribution in [2.24, 2.45) is 0 Å². The molecule has 0 aromatic heterocycles. The van der Waals surface area contributed by atoms with E-state index in [2.05, 4.69) is 10.6 Å². The average molecular weight is 417 g/mol. The minimum atomic E-state index is -1.05. The summed E-state index contributed by atoms with van der Waals surface area (Å²) in [6, 6.07) is 4.86. The van der Waals surface area contributed by atoms with Crippen molar-refractivity contribution in [2.45, 2.75) is 57.6 Å². The number of amides is 4. The van der Waals surface area contributed by atoms with Crippen LogP contribution in [0.4, 0.5) is 10.5 Å². The Bertz CT molecular complexity index is 862. The van der Waals surface area contributed by atoms with Crippen molar-refractivity contribution in [2.75, 3.05) is 19.0 Å². The second-order valence-corrected chi connectivity index (χ2v) is 7.75. The normalized spacial score (nSPS) is 18.3. The average Bonchev–Trinajstić information content (AvgIpc) is 3.25. The fourth-order valence-corrected chi connectivity index (χ4v) is 3.86. The number of nitrogens with one attached hydrogen (secondary N) is 2. The summed E-state index contributed by atoms with van der Waals surface area (Å²) in [6.07, 6.45) is 1.80. The molecule has 1 saturated heterocycles. The third kappa shape index (κ3) is 4.39. The van der Waals surface area contributed by atoms with Crippen molar-refractivity contribution in [3.8, 4) is 5.75 Å². The van der Waals surface area contributed by atoms with E-state index in [0.29, 0.717) is 24.3 Å². The van der Waals surface area contributed by atoms with Crippen LogP contribution in [0.5, 0.6) is 5.75 Å².